The van der Waals surface area contributed by atoms with E-state index in [4.69, 9.17) is 34.8 Å². The summed E-state index contributed by atoms with van der Waals surface area (Å²) in [6, 6.07) is 15.7. The fraction of sp³-hybridized carbons (Fsp3) is 0.0476. The summed E-state index contributed by atoms with van der Waals surface area (Å²) in [7, 11) is 0. The molecule has 0 radical (unpaired) electrons. The van der Waals surface area contributed by atoms with Gasteiger partial charge in [0.2, 0.25) is 0 Å². The molecule has 2 heterocycles. The molecule has 1 aliphatic rings. The van der Waals surface area contributed by atoms with Gasteiger partial charge in [-0.25, -0.2) is 9.72 Å². The standard InChI is InChI=1S/C21H13Cl3N4O2/c22-14-7-4-12(5-8-14)18(26-21(29)13-6-9-15(23)16(24)11-13)20-27-19(28(20)30)17-3-1-2-10-25-17/h1-11,18H,(H,26,29). The predicted molar refractivity (Wildman–Crippen MR) is 118 cm³/mol. The van der Waals surface area contributed by atoms with Crippen LogP contribution in [0.15, 0.2) is 71.9 Å². The van der Waals surface area contributed by atoms with E-state index in [2.05, 4.69) is 15.3 Å². The third-order valence-corrected chi connectivity index (χ3v) is 5.42. The zero-order valence-corrected chi connectivity index (χ0v) is 17.5. The minimum absolute atomic E-state index is 0.131. The van der Waals surface area contributed by atoms with Crippen molar-refractivity contribution in [2.24, 2.45) is 4.99 Å². The first-order chi connectivity index (χ1) is 14.4. The molecule has 1 unspecified atom stereocenters. The van der Waals surface area contributed by atoms with Crippen LogP contribution in [0.5, 0.6) is 0 Å². The SMILES string of the molecule is O=C(NC(C1=NC(c2ccccn2)=[N+]1[O-])c1ccc(Cl)cc1)c1ccc(Cl)c(Cl)c1. The lowest BCUT2D eigenvalue weighted by atomic mass is 10.0. The van der Waals surface area contributed by atoms with Crippen molar-refractivity contribution in [3.05, 3.63) is 104 Å². The molecule has 0 fully saturated rings. The lowest BCUT2D eigenvalue weighted by Crippen LogP contribution is -2.44. The van der Waals surface area contributed by atoms with Gasteiger partial charge >= 0.3 is 0 Å². The van der Waals surface area contributed by atoms with Crippen LogP contribution < -0.4 is 5.32 Å². The van der Waals surface area contributed by atoms with Crippen LogP contribution in [-0.4, -0.2) is 27.3 Å². The van der Waals surface area contributed by atoms with Crippen molar-refractivity contribution < 1.29 is 9.53 Å². The highest BCUT2D eigenvalue weighted by Gasteiger charge is 2.35. The Labute approximate surface area is 187 Å². The van der Waals surface area contributed by atoms with E-state index < -0.39 is 11.9 Å². The van der Waals surface area contributed by atoms with Crippen LogP contribution in [-0.2, 0) is 0 Å². The summed E-state index contributed by atoms with van der Waals surface area (Å²) >= 11 is 17.9. The van der Waals surface area contributed by atoms with E-state index in [1.807, 2.05) is 0 Å². The van der Waals surface area contributed by atoms with Crippen molar-refractivity contribution in [2.45, 2.75) is 6.04 Å². The van der Waals surface area contributed by atoms with E-state index in [-0.39, 0.29) is 16.7 Å². The lowest BCUT2D eigenvalue weighted by molar-refractivity contribution is -0.344. The topological polar surface area (TPSA) is 80.4 Å². The van der Waals surface area contributed by atoms with Crippen molar-refractivity contribution in [2.75, 3.05) is 0 Å². The fourth-order valence-electron chi connectivity index (χ4n) is 2.91. The van der Waals surface area contributed by atoms with E-state index in [1.54, 1.807) is 54.7 Å². The Kier molecular flexibility index (Phi) is 5.72. The molecule has 150 valence electrons. The van der Waals surface area contributed by atoms with Crippen molar-refractivity contribution in [1.82, 2.24) is 10.3 Å². The fourth-order valence-corrected chi connectivity index (χ4v) is 3.33. The van der Waals surface area contributed by atoms with Gasteiger partial charge < -0.3 is 10.5 Å². The summed E-state index contributed by atoms with van der Waals surface area (Å²) in [5.41, 5.74) is 1.39. The van der Waals surface area contributed by atoms with Crippen molar-refractivity contribution in [1.29, 1.82) is 0 Å². The smallest absolute Gasteiger partial charge is 0.292 e. The Morgan fingerprint density at radius 2 is 1.77 bits per heavy atom. The molecule has 0 saturated heterocycles. The number of carbonyl (C=O) groups excluding carboxylic acids is 1. The van der Waals surface area contributed by atoms with Crippen molar-refractivity contribution >= 4 is 52.4 Å². The predicted octanol–water partition coefficient (Wildman–Crippen LogP) is 4.88. The van der Waals surface area contributed by atoms with Crippen molar-refractivity contribution in [3.8, 4) is 0 Å². The molecule has 0 bridgehead atoms. The second kappa shape index (κ2) is 8.44. The molecule has 0 aliphatic carbocycles. The molecular formula is C21H13Cl3N4O2. The molecule has 1 atom stereocenters. The number of carbonyl (C=O) groups is 1. The molecule has 9 heteroatoms. The summed E-state index contributed by atoms with van der Waals surface area (Å²) < 4.78 is 0.663. The third-order valence-electron chi connectivity index (χ3n) is 4.43. The number of amidine groups is 2. The number of halogens is 3. The highest BCUT2D eigenvalue weighted by Crippen LogP contribution is 2.25. The number of aliphatic imine (C=N–C) groups is 1. The zero-order chi connectivity index (χ0) is 21.3. The van der Waals surface area contributed by atoms with Gasteiger partial charge in [-0.3, -0.25) is 4.79 Å². The minimum Gasteiger partial charge on any atom is -0.740 e. The van der Waals surface area contributed by atoms with Crippen LogP contribution in [0.3, 0.4) is 0 Å². The molecule has 1 amide bonds. The Morgan fingerprint density at radius 1 is 1.00 bits per heavy atom. The minimum atomic E-state index is -0.797. The largest absolute Gasteiger partial charge is 0.740 e. The molecule has 30 heavy (non-hydrogen) atoms. The molecule has 2 aromatic carbocycles. The molecule has 0 saturated carbocycles. The maximum Gasteiger partial charge on any atom is 0.292 e. The van der Waals surface area contributed by atoms with E-state index >= 15 is 0 Å². The Balaban J connectivity index is 1.65. The number of hydrogen-bond donors (Lipinski definition) is 1. The van der Waals surface area contributed by atoms with Gasteiger partial charge in [0, 0.05) is 16.8 Å². The lowest BCUT2D eigenvalue weighted by Gasteiger charge is -2.27. The van der Waals surface area contributed by atoms with Gasteiger partial charge in [0.05, 0.1) is 10.0 Å². The summed E-state index contributed by atoms with van der Waals surface area (Å²) in [5, 5.41) is 16.7. The van der Waals surface area contributed by atoms with Gasteiger partial charge in [-0.15, -0.1) is 0 Å². The Morgan fingerprint density at radius 3 is 2.40 bits per heavy atom. The summed E-state index contributed by atoms with van der Waals surface area (Å²) in [6.45, 7) is 0. The van der Waals surface area contributed by atoms with E-state index in [0.717, 1.165) is 0 Å². The number of nitrogens with one attached hydrogen (secondary N) is 1. The maximum absolute atomic E-state index is 12.8. The number of pyridine rings is 1. The van der Waals surface area contributed by atoms with Gasteiger partial charge in [0.25, 0.3) is 17.6 Å². The molecule has 3 aromatic rings. The number of benzene rings is 2. The molecule has 1 aromatic heterocycles. The molecular weight excluding hydrogens is 447 g/mol. The van der Waals surface area contributed by atoms with Gasteiger partial charge in [-0.05, 0) is 48.0 Å². The van der Waals surface area contributed by atoms with E-state index in [0.29, 0.717) is 31.6 Å². The summed E-state index contributed by atoms with van der Waals surface area (Å²) in [5.74, 6) is -0.129. The molecule has 1 aliphatic heterocycles. The van der Waals surface area contributed by atoms with E-state index in [1.165, 1.54) is 12.1 Å². The quantitative estimate of drug-likeness (QED) is 0.436. The number of hydrogen-bond acceptors (Lipinski definition) is 4. The molecule has 6 nitrogen and oxygen atoms in total. The molecule has 0 spiro atoms. The Hall–Kier alpha value is -2.93. The normalized spacial score (nSPS) is 14.0. The second-order valence-corrected chi connectivity index (χ2v) is 7.64. The van der Waals surface area contributed by atoms with Gasteiger partial charge in [-0.1, -0.05) is 58.0 Å². The van der Waals surface area contributed by atoms with Gasteiger partial charge in [0.15, 0.2) is 0 Å². The van der Waals surface area contributed by atoms with Gasteiger partial charge in [-0.2, -0.15) is 0 Å². The summed E-state index contributed by atoms with van der Waals surface area (Å²) in [4.78, 5) is 21.3. The number of hydroxylamine groups is 1. The summed E-state index contributed by atoms with van der Waals surface area (Å²) in [6.07, 6.45) is 1.58. The van der Waals surface area contributed by atoms with Crippen LogP contribution in [0.4, 0.5) is 0 Å². The first kappa shape index (κ1) is 20.3. The third kappa shape index (κ3) is 4.03. The van der Waals surface area contributed by atoms with E-state index in [9.17, 15) is 10.0 Å². The van der Waals surface area contributed by atoms with Crippen LogP contribution in [0.2, 0.25) is 15.1 Å². The molecule has 1 N–H and O–H groups in total. The Bertz CT molecular complexity index is 1180. The van der Waals surface area contributed by atoms with Crippen LogP contribution >= 0.6 is 34.8 Å². The number of aromatic nitrogens is 1. The number of rotatable bonds is 5. The first-order valence-electron chi connectivity index (χ1n) is 8.79. The van der Waals surface area contributed by atoms with Crippen LogP contribution in [0.25, 0.3) is 0 Å². The first-order valence-corrected chi connectivity index (χ1v) is 9.93. The number of amides is 1. The maximum atomic E-state index is 12.8. The number of nitrogens with zero attached hydrogens (tertiary/aromatic N) is 3. The van der Waals surface area contributed by atoms with Crippen molar-refractivity contribution in [3.63, 3.8) is 0 Å². The van der Waals surface area contributed by atoms with Gasteiger partial charge in [0.1, 0.15) is 11.7 Å². The molecule has 4 rings (SSSR count). The average Bonchev–Trinajstić information content (AvgIpc) is 2.75. The average molecular weight is 460 g/mol. The second-order valence-electron chi connectivity index (χ2n) is 6.39. The zero-order valence-electron chi connectivity index (χ0n) is 15.2. The highest BCUT2D eigenvalue weighted by molar-refractivity contribution is 6.42. The highest BCUT2D eigenvalue weighted by atomic mass is 35.5. The monoisotopic (exact) mass is 458 g/mol. The van der Waals surface area contributed by atoms with Crippen LogP contribution in [0.1, 0.15) is 27.7 Å². The van der Waals surface area contributed by atoms with Crippen LogP contribution in [0, 0.1) is 5.21 Å².